The van der Waals surface area contributed by atoms with Crippen LogP contribution < -0.4 is 10.6 Å². The van der Waals surface area contributed by atoms with E-state index in [0.717, 1.165) is 21.6 Å². The van der Waals surface area contributed by atoms with Crippen molar-refractivity contribution < 1.29 is 9.90 Å². The number of aromatic nitrogens is 1. The van der Waals surface area contributed by atoms with Crippen molar-refractivity contribution >= 4 is 27.6 Å². The Morgan fingerprint density at radius 3 is 2.78 bits per heavy atom. The van der Waals surface area contributed by atoms with Crippen LogP contribution in [0.15, 0.2) is 24.3 Å². The molecule has 5 nitrogen and oxygen atoms in total. The number of benzene rings is 1. The number of thiazole rings is 1. The predicted molar refractivity (Wildman–Crippen MR) is 94.6 cm³/mol. The maximum atomic E-state index is 11.9. The molecule has 0 saturated heterocycles. The third-order valence-corrected chi connectivity index (χ3v) is 4.66. The molecule has 2 aromatic rings. The van der Waals surface area contributed by atoms with Crippen molar-refractivity contribution in [3.8, 4) is 0 Å². The minimum absolute atomic E-state index is 0.241. The summed E-state index contributed by atoms with van der Waals surface area (Å²) in [5.74, 6) is 0.536. The summed E-state index contributed by atoms with van der Waals surface area (Å²) in [5, 5.41) is 16.6. The maximum absolute atomic E-state index is 11.9. The van der Waals surface area contributed by atoms with Gasteiger partial charge in [0.2, 0.25) is 0 Å². The van der Waals surface area contributed by atoms with Gasteiger partial charge in [-0.15, -0.1) is 11.3 Å². The van der Waals surface area contributed by atoms with Crippen LogP contribution in [0.25, 0.3) is 10.2 Å². The van der Waals surface area contributed by atoms with Crippen LogP contribution in [0.2, 0.25) is 0 Å². The molecule has 0 aliphatic heterocycles. The highest BCUT2D eigenvalue weighted by Crippen LogP contribution is 2.21. The van der Waals surface area contributed by atoms with E-state index in [-0.39, 0.29) is 12.6 Å². The molecule has 1 unspecified atom stereocenters. The average molecular weight is 335 g/mol. The number of para-hydroxylation sites is 1. The van der Waals surface area contributed by atoms with E-state index in [2.05, 4.69) is 29.5 Å². The zero-order valence-electron chi connectivity index (χ0n) is 13.9. The zero-order valence-corrected chi connectivity index (χ0v) is 14.7. The van der Waals surface area contributed by atoms with E-state index >= 15 is 0 Å². The molecule has 3 N–H and O–H groups in total. The minimum atomic E-state index is -0.878. The van der Waals surface area contributed by atoms with E-state index in [4.69, 9.17) is 0 Å². The van der Waals surface area contributed by atoms with Crippen LogP contribution in [-0.4, -0.2) is 28.3 Å². The third kappa shape index (κ3) is 5.80. The summed E-state index contributed by atoms with van der Waals surface area (Å²) in [6, 6.07) is 7.62. The number of nitrogens with one attached hydrogen (secondary N) is 2. The first kappa shape index (κ1) is 17.7. The van der Waals surface area contributed by atoms with Gasteiger partial charge in [0.25, 0.3) is 0 Å². The van der Waals surface area contributed by atoms with Crippen molar-refractivity contribution in [1.29, 1.82) is 0 Å². The monoisotopic (exact) mass is 335 g/mol. The van der Waals surface area contributed by atoms with Gasteiger partial charge in [0.1, 0.15) is 5.01 Å². The fourth-order valence-corrected chi connectivity index (χ4v) is 3.08. The lowest BCUT2D eigenvalue weighted by Gasteiger charge is -2.24. The first-order valence-corrected chi connectivity index (χ1v) is 8.76. The van der Waals surface area contributed by atoms with Crippen molar-refractivity contribution in [3.63, 3.8) is 0 Å². The van der Waals surface area contributed by atoms with Gasteiger partial charge in [-0.05, 0) is 37.8 Å². The predicted octanol–water partition coefficient (Wildman–Crippen LogP) is 3.28. The standard InChI is InChI=1S/C17H25N3O2S/c1-12(2)8-9-17(3,22)11-19-16(21)18-10-15-20-13-6-4-5-7-14(13)23-15/h4-7,12,22H,8-11H2,1-3H3,(H2,18,19,21). The molecule has 0 radical (unpaired) electrons. The number of hydrogen-bond acceptors (Lipinski definition) is 4. The van der Waals surface area contributed by atoms with Crippen LogP contribution in [0, 0.1) is 5.92 Å². The summed E-state index contributed by atoms with van der Waals surface area (Å²) in [6.45, 7) is 6.62. The Bertz CT molecular complexity index is 619. The lowest BCUT2D eigenvalue weighted by atomic mass is 9.95. The number of nitrogens with zero attached hydrogens (tertiary/aromatic N) is 1. The minimum Gasteiger partial charge on any atom is -0.388 e. The SMILES string of the molecule is CC(C)CCC(C)(O)CNC(=O)NCc1nc2ccccc2s1. The first-order valence-electron chi connectivity index (χ1n) is 7.94. The number of hydrogen-bond donors (Lipinski definition) is 3. The van der Waals surface area contributed by atoms with Crippen LogP contribution >= 0.6 is 11.3 Å². The number of carbonyl (C=O) groups is 1. The molecular formula is C17H25N3O2S. The fourth-order valence-electron chi connectivity index (χ4n) is 2.17. The third-order valence-electron chi connectivity index (χ3n) is 3.63. The molecule has 126 valence electrons. The molecule has 2 rings (SSSR count). The van der Waals surface area contributed by atoms with Crippen molar-refractivity contribution in [2.45, 2.75) is 45.8 Å². The van der Waals surface area contributed by atoms with Gasteiger partial charge in [-0.1, -0.05) is 26.0 Å². The van der Waals surface area contributed by atoms with Crippen molar-refractivity contribution in [1.82, 2.24) is 15.6 Å². The lowest BCUT2D eigenvalue weighted by Crippen LogP contribution is -2.44. The number of amides is 2. The zero-order chi connectivity index (χ0) is 16.9. The van der Waals surface area contributed by atoms with Gasteiger partial charge < -0.3 is 15.7 Å². The lowest BCUT2D eigenvalue weighted by molar-refractivity contribution is 0.0476. The Morgan fingerprint density at radius 2 is 2.09 bits per heavy atom. The molecule has 0 saturated carbocycles. The molecule has 0 aliphatic carbocycles. The summed E-state index contributed by atoms with van der Waals surface area (Å²) in [5.41, 5.74) is 0.0728. The first-order chi connectivity index (χ1) is 10.9. The molecular weight excluding hydrogens is 310 g/mol. The second-order valence-electron chi connectivity index (χ2n) is 6.54. The van der Waals surface area contributed by atoms with E-state index < -0.39 is 5.60 Å². The highest BCUT2D eigenvalue weighted by Gasteiger charge is 2.21. The molecule has 6 heteroatoms. The van der Waals surface area contributed by atoms with E-state index in [9.17, 15) is 9.90 Å². The summed E-state index contributed by atoms with van der Waals surface area (Å²) in [6.07, 6.45) is 1.60. The highest BCUT2D eigenvalue weighted by molar-refractivity contribution is 7.18. The van der Waals surface area contributed by atoms with E-state index in [0.29, 0.717) is 18.9 Å². The molecule has 1 aromatic carbocycles. The Morgan fingerprint density at radius 1 is 1.35 bits per heavy atom. The van der Waals surface area contributed by atoms with Crippen molar-refractivity contribution in [3.05, 3.63) is 29.3 Å². The summed E-state index contributed by atoms with van der Waals surface area (Å²) >= 11 is 1.57. The van der Waals surface area contributed by atoms with Crippen LogP contribution in [-0.2, 0) is 6.54 Å². The number of aliphatic hydroxyl groups is 1. The molecule has 0 spiro atoms. The Balaban J connectivity index is 1.76. The largest absolute Gasteiger partial charge is 0.388 e. The Hall–Kier alpha value is -1.66. The summed E-state index contributed by atoms with van der Waals surface area (Å²) in [4.78, 5) is 16.3. The molecule has 1 atom stereocenters. The van der Waals surface area contributed by atoms with Gasteiger partial charge in [0, 0.05) is 6.54 Å². The van der Waals surface area contributed by atoms with Crippen LogP contribution in [0.1, 0.15) is 38.6 Å². The molecule has 1 heterocycles. The second-order valence-corrected chi connectivity index (χ2v) is 7.66. The molecule has 0 bridgehead atoms. The smallest absolute Gasteiger partial charge is 0.315 e. The summed E-state index contributed by atoms with van der Waals surface area (Å²) < 4.78 is 1.11. The average Bonchev–Trinajstić information content (AvgIpc) is 2.92. The maximum Gasteiger partial charge on any atom is 0.315 e. The Labute approximate surface area is 141 Å². The number of carbonyl (C=O) groups excluding carboxylic acids is 1. The van der Waals surface area contributed by atoms with Crippen molar-refractivity contribution in [2.75, 3.05) is 6.54 Å². The second kappa shape index (κ2) is 7.75. The number of urea groups is 1. The normalized spacial score (nSPS) is 14.0. The van der Waals surface area contributed by atoms with Gasteiger partial charge in [0.15, 0.2) is 0 Å². The van der Waals surface area contributed by atoms with E-state index in [1.807, 2.05) is 24.3 Å². The molecule has 1 aromatic heterocycles. The highest BCUT2D eigenvalue weighted by atomic mass is 32.1. The van der Waals surface area contributed by atoms with Crippen LogP contribution in [0.3, 0.4) is 0 Å². The van der Waals surface area contributed by atoms with E-state index in [1.165, 1.54) is 0 Å². The van der Waals surface area contributed by atoms with Gasteiger partial charge in [-0.25, -0.2) is 9.78 Å². The Kier molecular flexibility index (Phi) is 5.96. The molecule has 0 fully saturated rings. The quantitative estimate of drug-likeness (QED) is 0.727. The van der Waals surface area contributed by atoms with Gasteiger partial charge in [-0.2, -0.15) is 0 Å². The molecule has 0 aliphatic rings. The topological polar surface area (TPSA) is 74.2 Å². The van der Waals surface area contributed by atoms with Gasteiger partial charge in [-0.3, -0.25) is 0 Å². The summed E-state index contributed by atoms with van der Waals surface area (Å²) in [7, 11) is 0. The van der Waals surface area contributed by atoms with E-state index in [1.54, 1.807) is 18.3 Å². The van der Waals surface area contributed by atoms with Gasteiger partial charge >= 0.3 is 6.03 Å². The molecule has 2 amide bonds. The van der Waals surface area contributed by atoms with Crippen LogP contribution in [0.5, 0.6) is 0 Å². The van der Waals surface area contributed by atoms with Crippen LogP contribution in [0.4, 0.5) is 4.79 Å². The van der Waals surface area contributed by atoms with Gasteiger partial charge in [0.05, 0.1) is 22.4 Å². The number of rotatable bonds is 7. The molecule has 23 heavy (non-hydrogen) atoms. The number of fused-ring (bicyclic) bond motifs is 1. The fraction of sp³-hybridized carbons (Fsp3) is 0.529. The van der Waals surface area contributed by atoms with Crippen molar-refractivity contribution in [2.24, 2.45) is 5.92 Å².